The van der Waals surface area contributed by atoms with Gasteiger partial charge in [-0.05, 0) is 75.6 Å². The number of carbonyl (C=O) groups is 1. The van der Waals surface area contributed by atoms with Gasteiger partial charge >= 0.3 is 0 Å². The van der Waals surface area contributed by atoms with E-state index in [0.29, 0.717) is 0 Å². The maximum Gasteiger partial charge on any atom is 0.253 e. The van der Waals surface area contributed by atoms with Crippen molar-refractivity contribution in [2.75, 3.05) is 13.1 Å². The number of likely N-dealkylation sites (tertiary alicyclic amines) is 1. The maximum atomic E-state index is 13.0. The van der Waals surface area contributed by atoms with Gasteiger partial charge in [0, 0.05) is 18.7 Å². The normalized spacial score (nSPS) is 20.4. The van der Waals surface area contributed by atoms with Crippen LogP contribution in [0, 0.1) is 13.8 Å². The molecule has 0 bridgehead atoms. The van der Waals surface area contributed by atoms with Crippen LogP contribution in [0.2, 0.25) is 0 Å². The van der Waals surface area contributed by atoms with E-state index in [2.05, 4.69) is 22.2 Å². The first-order valence-electron chi connectivity index (χ1n) is 9.42. The molecule has 1 saturated heterocycles. The molecule has 1 aliphatic carbocycles. The number of benzene rings is 1. The average Bonchev–Trinajstić information content (AvgIpc) is 2.99. The van der Waals surface area contributed by atoms with Gasteiger partial charge in [-0.2, -0.15) is 5.10 Å². The average molecular weight is 338 g/mol. The molecule has 0 N–H and O–H groups in total. The van der Waals surface area contributed by atoms with Crippen molar-refractivity contribution in [2.24, 2.45) is 0 Å². The lowest BCUT2D eigenvalue weighted by Gasteiger charge is -2.33. The van der Waals surface area contributed by atoms with Crippen molar-refractivity contribution in [1.82, 2.24) is 19.7 Å². The van der Waals surface area contributed by atoms with E-state index in [0.717, 1.165) is 56.0 Å². The Hall–Kier alpha value is -2.17. The second-order valence-corrected chi connectivity index (χ2v) is 7.39. The number of hydrogen-bond acceptors (Lipinski definition) is 3. The third kappa shape index (κ3) is 3.20. The van der Waals surface area contributed by atoms with Crippen LogP contribution in [-0.4, -0.2) is 38.7 Å². The summed E-state index contributed by atoms with van der Waals surface area (Å²) in [6.45, 7) is 5.46. The van der Waals surface area contributed by atoms with Gasteiger partial charge in [-0.15, -0.1) is 0 Å². The first-order chi connectivity index (χ1) is 12.1. The monoisotopic (exact) mass is 338 g/mol. The summed E-state index contributed by atoms with van der Waals surface area (Å²) in [6.07, 6.45) is 6.83. The number of fused-ring (bicyclic) bond motifs is 1. The van der Waals surface area contributed by atoms with Crippen LogP contribution >= 0.6 is 0 Å². The summed E-state index contributed by atoms with van der Waals surface area (Å²) in [5.41, 5.74) is 3.63. The summed E-state index contributed by atoms with van der Waals surface area (Å²) < 4.78 is 2.00. The van der Waals surface area contributed by atoms with E-state index in [1.54, 1.807) is 0 Å². The van der Waals surface area contributed by atoms with Crippen LogP contribution in [0.3, 0.4) is 0 Å². The number of hydrogen-bond donors (Lipinski definition) is 0. The van der Waals surface area contributed by atoms with Crippen molar-refractivity contribution >= 4 is 5.91 Å². The molecule has 132 valence electrons. The highest BCUT2D eigenvalue weighted by Gasteiger charge is 2.27. The topological polar surface area (TPSA) is 51.0 Å². The minimum absolute atomic E-state index is 0.160. The Morgan fingerprint density at radius 2 is 1.92 bits per heavy atom. The molecule has 4 rings (SSSR count). The van der Waals surface area contributed by atoms with E-state index in [1.165, 1.54) is 24.0 Å². The van der Waals surface area contributed by atoms with Crippen LogP contribution in [0.1, 0.15) is 64.9 Å². The number of aromatic nitrogens is 3. The van der Waals surface area contributed by atoms with Gasteiger partial charge in [0.1, 0.15) is 11.6 Å². The molecule has 1 aromatic heterocycles. The van der Waals surface area contributed by atoms with Crippen molar-refractivity contribution in [1.29, 1.82) is 0 Å². The van der Waals surface area contributed by atoms with Gasteiger partial charge in [-0.25, -0.2) is 9.67 Å². The molecule has 2 aromatic rings. The van der Waals surface area contributed by atoms with Gasteiger partial charge in [-0.3, -0.25) is 4.79 Å². The van der Waals surface area contributed by atoms with Gasteiger partial charge in [0.05, 0.1) is 6.04 Å². The Kier molecular flexibility index (Phi) is 4.32. The van der Waals surface area contributed by atoms with Crippen LogP contribution in [0.15, 0.2) is 18.2 Å². The lowest BCUT2D eigenvalue weighted by Crippen LogP contribution is -2.41. The Balaban J connectivity index is 1.53. The standard InChI is InChI=1S/C20H26N4O/c1-14-21-15(2)24(22-14)19-8-5-11-23(13-19)20(25)18-10-9-16-6-3-4-7-17(16)12-18/h9-10,12,19H,3-8,11,13H2,1-2H3/t19-/m1/s1. The van der Waals surface area contributed by atoms with Crippen LogP contribution in [0.5, 0.6) is 0 Å². The maximum absolute atomic E-state index is 13.0. The van der Waals surface area contributed by atoms with E-state index in [9.17, 15) is 4.79 Å². The van der Waals surface area contributed by atoms with Crippen LogP contribution in [-0.2, 0) is 12.8 Å². The van der Waals surface area contributed by atoms with E-state index >= 15 is 0 Å². The van der Waals surface area contributed by atoms with E-state index in [4.69, 9.17) is 0 Å². The van der Waals surface area contributed by atoms with Gasteiger partial charge in [-0.1, -0.05) is 6.07 Å². The summed E-state index contributed by atoms with van der Waals surface area (Å²) in [6, 6.07) is 6.54. The smallest absolute Gasteiger partial charge is 0.253 e. The molecule has 2 aliphatic rings. The predicted molar refractivity (Wildman–Crippen MR) is 96.8 cm³/mol. The molecule has 0 radical (unpaired) electrons. The van der Waals surface area contributed by atoms with Gasteiger partial charge in [0.25, 0.3) is 5.91 Å². The zero-order valence-electron chi connectivity index (χ0n) is 15.2. The molecule has 0 unspecified atom stereocenters. The molecule has 0 spiro atoms. The molecule has 1 aliphatic heterocycles. The van der Waals surface area contributed by atoms with Crippen molar-refractivity contribution < 1.29 is 4.79 Å². The number of aryl methyl sites for hydroxylation is 4. The summed E-state index contributed by atoms with van der Waals surface area (Å²) in [7, 11) is 0. The first kappa shape index (κ1) is 16.3. The molecule has 5 heteroatoms. The lowest BCUT2D eigenvalue weighted by molar-refractivity contribution is 0.0671. The third-order valence-electron chi connectivity index (χ3n) is 5.53. The molecule has 2 heterocycles. The zero-order valence-corrected chi connectivity index (χ0v) is 15.2. The molecule has 0 saturated carbocycles. The first-order valence-corrected chi connectivity index (χ1v) is 9.42. The Morgan fingerprint density at radius 1 is 1.12 bits per heavy atom. The molecule has 1 atom stereocenters. The van der Waals surface area contributed by atoms with Gasteiger partial charge in [0.2, 0.25) is 0 Å². The quantitative estimate of drug-likeness (QED) is 0.844. The largest absolute Gasteiger partial charge is 0.337 e. The number of nitrogens with zero attached hydrogens (tertiary/aromatic N) is 4. The van der Waals surface area contributed by atoms with Crippen molar-refractivity contribution in [2.45, 2.75) is 58.4 Å². The van der Waals surface area contributed by atoms with Crippen molar-refractivity contribution in [3.05, 3.63) is 46.5 Å². The van der Waals surface area contributed by atoms with E-state index in [1.807, 2.05) is 29.5 Å². The third-order valence-corrected chi connectivity index (χ3v) is 5.53. The summed E-state index contributed by atoms with van der Waals surface area (Å²) in [5, 5.41) is 4.53. The minimum Gasteiger partial charge on any atom is -0.337 e. The molecule has 5 nitrogen and oxygen atoms in total. The highest BCUT2D eigenvalue weighted by atomic mass is 16.2. The van der Waals surface area contributed by atoms with Crippen LogP contribution in [0.25, 0.3) is 0 Å². The number of rotatable bonds is 2. The molecular weight excluding hydrogens is 312 g/mol. The highest BCUT2D eigenvalue weighted by Crippen LogP contribution is 2.26. The van der Waals surface area contributed by atoms with E-state index in [-0.39, 0.29) is 11.9 Å². The minimum atomic E-state index is 0.160. The molecule has 1 amide bonds. The Morgan fingerprint density at radius 3 is 2.68 bits per heavy atom. The van der Waals surface area contributed by atoms with Crippen molar-refractivity contribution in [3.63, 3.8) is 0 Å². The Labute approximate surface area is 149 Å². The fourth-order valence-corrected chi connectivity index (χ4v) is 4.27. The van der Waals surface area contributed by atoms with Gasteiger partial charge < -0.3 is 4.90 Å². The number of carbonyl (C=O) groups excluding carboxylic acids is 1. The zero-order chi connectivity index (χ0) is 17.4. The fraction of sp³-hybridized carbons (Fsp3) is 0.550. The highest BCUT2D eigenvalue weighted by molar-refractivity contribution is 5.94. The number of piperidine rings is 1. The lowest BCUT2D eigenvalue weighted by atomic mass is 9.90. The molecule has 1 aromatic carbocycles. The summed E-state index contributed by atoms with van der Waals surface area (Å²) in [4.78, 5) is 19.4. The molecule has 25 heavy (non-hydrogen) atoms. The fourth-order valence-electron chi connectivity index (χ4n) is 4.27. The SMILES string of the molecule is Cc1nc(C)n([C@@H]2CCCN(C(=O)c3ccc4c(c3)CCCC4)C2)n1. The molecular formula is C20H26N4O. The second-order valence-electron chi connectivity index (χ2n) is 7.39. The second kappa shape index (κ2) is 6.62. The number of amides is 1. The van der Waals surface area contributed by atoms with Crippen molar-refractivity contribution in [3.8, 4) is 0 Å². The summed E-state index contributed by atoms with van der Waals surface area (Å²) >= 11 is 0. The van der Waals surface area contributed by atoms with Crippen LogP contribution in [0.4, 0.5) is 0 Å². The summed E-state index contributed by atoms with van der Waals surface area (Å²) in [5.74, 6) is 1.90. The molecule has 1 fully saturated rings. The van der Waals surface area contributed by atoms with Gasteiger partial charge in [0.15, 0.2) is 0 Å². The predicted octanol–water partition coefficient (Wildman–Crippen LogP) is 3.25. The van der Waals surface area contributed by atoms with Crippen LogP contribution < -0.4 is 0 Å². The van der Waals surface area contributed by atoms with E-state index < -0.39 is 0 Å². The Bertz CT molecular complexity index is 795.